The highest BCUT2D eigenvalue weighted by molar-refractivity contribution is 5.75. The standard InChI is InChI=1S/C17H27N3O2/c1-14(2)19-17(22)18-11-13-20(15(3)21)12-7-10-16-8-5-4-6-9-16/h4-6,8-9,14H,7,10-13H2,1-3H3,(H2,18,19,22). The van der Waals surface area contributed by atoms with E-state index in [0.29, 0.717) is 19.6 Å². The summed E-state index contributed by atoms with van der Waals surface area (Å²) in [5.41, 5.74) is 1.28. The first-order valence-electron chi connectivity index (χ1n) is 7.83. The minimum absolute atomic E-state index is 0.0409. The average molecular weight is 305 g/mol. The first-order chi connectivity index (χ1) is 10.5. The molecule has 0 saturated carbocycles. The Morgan fingerprint density at radius 2 is 1.82 bits per heavy atom. The Labute approximate surface area is 133 Å². The maximum absolute atomic E-state index is 11.6. The highest BCUT2D eigenvalue weighted by Gasteiger charge is 2.09. The van der Waals surface area contributed by atoms with Gasteiger partial charge in [0.15, 0.2) is 0 Å². The van der Waals surface area contributed by atoms with Gasteiger partial charge in [0.05, 0.1) is 0 Å². The maximum atomic E-state index is 11.6. The second kappa shape index (κ2) is 9.82. The molecule has 5 heteroatoms. The number of carbonyl (C=O) groups is 2. The number of aryl methyl sites for hydroxylation is 1. The van der Waals surface area contributed by atoms with Crippen LogP contribution in [0.3, 0.4) is 0 Å². The molecule has 22 heavy (non-hydrogen) atoms. The molecule has 2 N–H and O–H groups in total. The molecule has 0 bridgehead atoms. The first kappa shape index (κ1) is 18.0. The summed E-state index contributed by atoms with van der Waals surface area (Å²) in [6.45, 7) is 7.09. The normalized spacial score (nSPS) is 10.4. The van der Waals surface area contributed by atoms with Crippen molar-refractivity contribution in [1.82, 2.24) is 15.5 Å². The zero-order chi connectivity index (χ0) is 16.4. The molecule has 0 heterocycles. The van der Waals surface area contributed by atoms with Crippen LogP contribution in [-0.4, -0.2) is 42.5 Å². The molecule has 1 aromatic rings. The van der Waals surface area contributed by atoms with Gasteiger partial charge in [0, 0.05) is 32.6 Å². The van der Waals surface area contributed by atoms with E-state index in [4.69, 9.17) is 0 Å². The molecule has 0 saturated heterocycles. The average Bonchev–Trinajstić information content (AvgIpc) is 2.45. The van der Waals surface area contributed by atoms with Crippen molar-refractivity contribution in [2.45, 2.75) is 39.7 Å². The van der Waals surface area contributed by atoms with E-state index in [0.717, 1.165) is 12.8 Å². The van der Waals surface area contributed by atoms with Gasteiger partial charge in [-0.2, -0.15) is 0 Å². The van der Waals surface area contributed by atoms with Crippen molar-refractivity contribution >= 4 is 11.9 Å². The lowest BCUT2D eigenvalue weighted by atomic mass is 10.1. The molecule has 3 amide bonds. The largest absolute Gasteiger partial charge is 0.341 e. The van der Waals surface area contributed by atoms with Gasteiger partial charge in [-0.05, 0) is 32.3 Å². The number of rotatable bonds is 8. The van der Waals surface area contributed by atoms with Gasteiger partial charge in [0.1, 0.15) is 0 Å². The van der Waals surface area contributed by atoms with E-state index in [1.54, 1.807) is 11.8 Å². The van der Waals surface area contributed by atoms with E-state index in [9.17, 15) is 9.59 Å². The zero-order valence-electron chi connectivity index (χ0n) is 13.8. The van der Waals surface area contributed by atoms with Crippen LogP contribution in [0.5, 0.6) is 0 Å². The Balaban J connectivity index is 2.27. The van der Waals surface area contributed by atoms with Gasteiger partial charge in [-0.25, -0.2) is 4.79 Å². The van der Waals surface area contributed by atoms with Gasteiger partial charge >= 0.3 is 6.03 Å². The van der Waals surface area contributed by atoms with Gasteiger partial charge < -0.3 is 15.5 Å². The van der Waals surface area contributed by atoms with Crippen LogP contribution in [0.25, 0.3) is 0 Å². The molecule has 0 aliphatic heterocycles. The third kappa shape index (κ3) is 7.67. The molecule has 5 nitrogen and oxygen atoms in total. The van der Waals surface area contributed by atoms with Crippen molar-refractivity contribution in [3.63, 3.8) is 0 Å². The van der Waals surface area contributed by atoms with E-state index in [1.165, 1.54) is 5.56 Å². The number of nitrogens with zero attached hydrogens (tertiary/aromatic N) is 1. The highest BCUT2D eigenvalue weighted by atomic mass is 16.2. The van der Waals surface area contributed by atoms with Crippen molar-refractivity contribution in [1.29, 1.82) is 0 Å². The fourth-order valence-electron chi connectivity index (χ4n) is 2.16. The smallest absolute Gasteiger partial charge is 0.315 e. The fourth-order valence-corrected chi connectivity index (χ4v) is 2.16. The maximum Gasteiger partial charge on any atom is 0.315 e. The lowest BCUT2D eigenvalue weighted by Crippen LogP contribution is -2.43. The van der Waals surface area contributed by atoms with Crippen molar-refractivity contribution in [2.24, 2.45) is 0 Å². The van der Waals surface area contributed by atoms with Crippen LogP contribution in [-0.2, 0) is 11.2 Å². The quantitative estimate of drug-likeness (QED) is 0.773. The minimum Gasteiger partial charge on any atom is -0.341 e. The molecular formula is C17H27N3O2. The molecule has 1 aromatic carbocycles. The Hall–Kier alpha value is -2.04. The van der Waals surface area contributed by atoms with Gasteiger partial charge in [-0.15, -0.1) is 0 Å². The fraction of sp³-hybridized carbons (Fsp3) is 0.529. The van der Waals surface area contributed by atoms with E-state index in [2.05, 4.69) is 22.8 Å². The van der Waals surface area contributed by atoms with Crippen LogP contribution in [0, 0.1) is 0 Å². The van der Waals surface area contributed by atoms with Crippen LogP contribution in [0.1, 0.15) is 32.8 Å². The van der Waals surface area contributed by atoms with E-state index in [-0.39, 0.29) is 18.0 Å². The molecule has 1 rings (SSSR count). The summed E-state index contributed by atoms with van der Waals surface area (Å²) in [5.74, 6) is 0.0409. The second-order valence-electron chi connectivity index (χ2n) is 5.65. The van der Waals surface area contributed by atoms with Crippen LogP contribution < -0.4 is 10.6 Å². The van der Waals surface area contributed by atoms with Crippen LogP contribution >= 0.6 is 0 Å². The lowest BCUT2D eigenvalue weighted by molar-refractivity contribution is -0.128. The third-order valence-electron chi connectivity index (χ3n) is 3.27. The topological polar surface area (TPSA) is 61.4 Å². The summed E-state index contributed by atoms with van der Waals surface area (Å²) in [7, 11) is 0. The molecule has 0 fully saturated rings. The Morgan fingerprint density at radius 1 is 1.14 bits per heavy atom. The predicted octanol–water partition coefficient (Wildman–Crippen LogP) is 2.18. The second-order valence-corrected chi connectivity index (χ2v) is 5.65. The number of hydrogen-bond donors (Lipinski definition) is 2. The number of carbonyl (C=O) groups excluding carboxylic acids is 2. The lowest BCUT2D eigenvalue weighted by Gasteiger charge is -2.21. The van der Waals surface area contributed by atoms with Crippen LogP contribution in [0.15, 0.2) is 30.3 Å². The summed E-state index contributed by atoms with van der Waals surface area (Å²) in [4.78, 5) is 24.9. The number of nitrogens with one attached hydrogen (secondary N) is 2. The van der Waals surface area contributed by atoms with E-state index in [1.807, 2.05) is 32.0 Å². The Morgan fingerprint density at radius 3 is 2.41 bits per heavy atom. The molecule has 0 spiro atoms. The third-order valence-corrected chi connectivity index (χ3v) is 3.27. The van der Waals surface area contributed by atoms with Crippen molar-refractivity contribution in [3.8, 4) is 0 Å². The molecular weight excluding hydrogens is 278 g/mol. The van der Waals surface area contributed by atoms with Gasteiger partial charge in [-0.3, -0.25) is 4.79 Å². The summed E-state index contributed by atoms with van der Waals surface area (Å²) >= 11 is 0. The molecule has 0 aliphatic rings. The van der Waals surface area contributed by atoms with Gasteiger partial charge in [0.25, 0.3) is 0 Å². The number of amides is 3. The summed E-state index contributed by atoms with van der Waals surface area (Å²) in [6.07, 6.45) is 1.87. The van der Waals surface area contributed by atoms with E-state index >= 15 is 0 Å². The summed E-state index contributed by atoms with van der Waals surface area (Å²) in [6, 6.07) is 10.1. The van der Waals surface area contributed by atoms with Crippen LogP contribution in [0.4, 0.5) is 4.79 Å². The minimum atomic E-state index is -0.192. The molecule has 0 atom stereocenters. The van der Waals surface area contributed by atoms with E-state index < -0.39 is 0 Å². The van der Waals surface area contributed by atoms with Crippen molar-refractivity contribution in [3.05, 3.63) is 35.9 Å². The molecule has 0 aromatic heterocycles. The van der Waals surface area contributed by atoms with Crippen molar-refractivity contribution < 1.29 is 9.59 Å². The summed E-state index contributed by atoms with van der Waals surface area (Å²) < 4.78 is 0. The highest BCUT2D eigenvalue weighted by Crippen LogP contribution is 2.03. The summed E-state index contributed by atoms with van der Waals surface area (Å²) in [5, 5.41) is 5.52. The first-order valence-corrected chi connectivity index (χ1v) is 7.83. The predicted molar refractivity (Wildman–Crippen MR) is 88.7 cm³/mol. The van der Waals surface area contributed by atoms with Crippen molar-refractivity contribution in [2.75, 3.05) is 19.6 Å². The zero-order valence-corrected chi connectivity index (χ0v) is 13.8. The van der Waals surface area contributed by atoms with Gasteiger partial charge in [0.2, 0.25) is 5.91 Å². The Kier molecular flexibility index (Phi) is 8.04. The van der Waals surface area contributed by atoms with Gasteiger partial charge in [-0.1, -0.05) is 30.3 Å². The molecule has 0 aliphatic carbocycles. The monoisotopic (exact) mass is 305 g/mol. The SMILES string of the molecule is CC(=O)N(CCCc1ccccc1)CCNC(=O)NC(C)C. The number of benzene rings is 1. The molecule has 0 radical (unpaired) electrons. The molecule has 122 valence electrons. The number of urea groups is 1. The molecule has 0 unspecified atom stereocenters. The van der Waals surface area contributed by atoms with Crippen LogP contribution in [0.2, 0.25) is 0 Å². The number of hydrogen-bond acceptors (Lipinski definition) is 2. The Bertz CT molecular complexity index is 460.